The number of thiazole rings is 1. The maximum Gasteiger partial charge on any atom is 0.337 e. The SMILES string of the molecule is [2H]C([2H])([2H])n1nc(C2CCN(C3COC3)CC2)c2cc(-c3nc4cc(C)c([C@H](OC(C)(C)C)C(=O)O)c(-c5ccc(Cl)cc5)c4s3)ccc21. The molecule has 0 bridgehead atoms. The number of aromatic nitrogens is 3. The van der Waals surface area contributed by atoms with Gasteiger partial charge in [-0.05, 0) is 101 Å². The smallest absolute Gasteiger partial charge is 0.337 e. The Balaban J connectivity index is 1.36. The van der Waals surface area contributed by atoms with E-state index in [0.717, 1.165) is 87.7 Å². The summed E-state index contributed by atoms with van der Waals surface area (Å²) in [6, 6.07) is 15.5. The Morgan fingerprint density at radius 2 is 1.85 bits per heavy atom. The van der Waals surface area contributed by atoms with Crippen LogP contribution < -0.4 is 0 Å². The summed E-state index contributed by atoms with van der Waals surface area (Å²) in [7, 11) is 0. The summed E-state index contributed by atoms with van der Waals surface area (Å²) in [6.45, 7) is 8.38. The highest BCUT2D eigenvalue weighted by atomic mass is 35.5. The van der Waals surface area contributed by atoms with Crippen LogP contribution in [0.15, 0.2) is 48.5 Å². The van der Waals surface area contributed by atoms with Crippen LogP contribution in [0, 0.1) is 6.92 Å². The Labute approximate surface area is 282 Å². The first-order valence-corrected chi connectivity index (χ1v) is 16.8. The third kappa shape index (κ3) is 5.84. The number of halogens is 1. The van der Waals surface area contributed by atoms with Crippen LogP contribution in [0.25, 0.3) is 42.8 Å². The lowest BCUT2D eigenvalue weighted by molar-refractivity contribution is -0.160. The van der Waals surface area contributed by atoms with Gasteiger partial charge in [0.25, 0.3) is 0 Å². The van der Waals surface area contributed by atoms with Crippen molar-refractivity contribution in [1.82, 2.24) is 19.7 Å². The second-order valence-corrected chi connectivity index (χ2v) is 14.8. The molecule has 0 aliphatic carbocycles. The number of rotatable bonds is 7. The van der Waals surface area contributed by atoms with Crippen molar-refractivity contribution in [2.75, 3.05) is 26.3 Å². The first-order chi connectivity index (χ1) is 23.2. The van der Waals surface area contributed by atoms with Crippen molar-refractivity contribution in [2.24, 2.45) is 6.98 Å². The standard InChI is InChI=1S/C36H39ClN4O4S/c1-20-16-27-33(30(21-6-9-24(37)10-7-21)29(20)32(35(42)43)45-36(2,3)4)46-34(38-27)23-8-11-28-26(17-23)31(39-40(28)5)22-12-14-41(15-13-22)25-18-44-19-25/h6-11,16-17,22,25,32H,12-15,18-19H2,1-5H3,(H,42,43)/t32-/m0/s1/i5D3. The molecule has 240 valence electrons. The molecular weight excluding hydrogens is 620 g/mol. The molecule has 5 aromatic rings. The summed E-state index contributed by atoms with van der Waals surface area (Å²) >= 11 is 7.74. The molecule has 3 aromatic carbocycles. The van der Waals surface area contributed by atoms with Crippen molar-refractivity contribution >= 4 is 50.0 Å². The second-order valence-electron chi connectivity index (χ2n) is 13.3. The number of carboxylic acid groups (broad SMARTS) is 1. The number of aryl methyl sites for hydroxylation is 2. The number of carbonyl (C=O) groups is 1. The molecule has 0 amide bonds. The zero-order valence-corrected chi connectivity index (χ0v) is 27.9. The van der Waals surface area contributed by atoms with Crippen LogP contribution in [-0.2, 0) is 21.2 Å². The van der Waals surface area contributed by atoms with Crippen LogP contribution in [0.5, 0.6) is 0 Å². The molecule has 10 heteroatoms. The highest BCUT2D eigenvalue weighted by Crippen LogP contribution is 2.45. The number of nitrogens with zero attached hydrogens (tertiary/aromatic N) is 4. The summed E-state index contributed by atoms with van der Waals surface area (Å²) < 4.78 is 38.2. The largest absolute Gasteiger partial charge is 0.479 e. The van der Waals surface area contributed by atoms with Crippen LogP contribution in [0.2, 0.25) is 5.02 Å². The number of hydrogen-bond acceptors (Lipinski definition) is 7. The fourth-order valence-electron chi connectivity index (χ4n) is 6.71. The number of fused-ring (bicyclic) bond motifs is 2. The van der Waals surface area contributed by atoms with Gasteiger partial charge >= 0.3 is 5.97 Å². The monoisotopic (exact) mass is 661 g/mol. The highest BCUT2D eigenvalue weighted by molar-refractivity contribution is 7.22. The molecule has 7 rings (SSSR count). The van der Waals surface area contributed by atoms with E-state index in [9.17, 15) is 9.90 Å². The van der Waals surface area contributed by atoms with E-state index in [0.29, 0.717) is 22.1 Å². The van der Waals surface area contributed by atoms with E-state index in [1.807, 2.05) is 64.1 Å². The number of ether oxygens (including phenoxy) is 2. The van der Waals surface area contributed by atoms with E-state index in [1.165, 1.54) is 16.0 Å². The molecule has 46 heavy (non-hydrogen) atoms. The summed E-state index contributed by atoms with van der Waals surface area (Å²) in [6.07, 6.45) is 0.569. The quantitative estimate of drug-likeness (QED) is 0.189. The van der Waals surface area contributed by atoms with Gasteiger partial charge in [0.1, 0.15) is 5.01 Å². The predicted molar refractivity (Wildman–Crippen MR) is 184 cm³/mol. The summed E-state index contributed by atoms with van der Waals surface area (Å²) in [5.74, 6) is -0.945. The molecule has 0 radical (unpaired) electrons. The fraction of sp³-hybridized carbons (Fsp3) is 0.417. The lowest BCUT2D eigenvalue weighted by atomic mass is 9.90. The van der Waals surface area contributed by atoms with Crippen molar-refractivity contribution in [3.8, 4) is 21.7 Å². The third-order valence-corrected chi connectivity index (χ3v) is 10.4. The van der Waals surface area contributed by atoms with Gasteiger partial charge in [0.15, 0.2) is 6.10 Å². The molecule has 2 saturated heterocycles. The molecule has 0 unspecified atom stereocenters. The van der Waals surface area contributed by atoms with Crippen molar-refractivity contribution in [3.63, 3.8) is 0 Å². The minimum Gasteiger partial charge on any atom is -0.479 e. The molecule has 4 heterocycles. The van der Waals surface area contributed by atoms with E-state index < -0.39 is 24.7 Å². The number of piperidine rings is 1. The number of aliphatic carboxylic acids is 1. The topological polar surface area (TPSA) is 89.7 Å². The fourth-order valence-corrected chi connectivity index (χ4v) is 7.96. The Kier molecular flexibility index (Phi) is 7.26. The molecule has 2 fully saturated rings. The number of hydrogen-bond donors (Lipinski definition) is 1. The van der Waals surface area contributed by atoms with Crippen LogP contribution in [0.3, 0.4) is 0 Å². The van der Waals surface area contributed by atoms with Gasteiger partial charge in [-0.15, -0.1) is 11.3 Å². The Bertz CT molecular complexity index is 2040. The first kappa shape index (κ1) is 27.7. The molecule has 0 spiro atoms. The van der Waals surface area contributed by atoms with Crippen LogP contribution in [0.1, 0.15) is 66.6 Å². The van der Waals surface area contributed by atoms with Gasteiger partial charge in [0, 0.05) is 44.1 Å². The van der Waals surface area contributed by atoms with Gasteiger partial charge in [-0.3, -0.25) is 9.58 Å². The van der Waals surface area contributed by atoms with Gasteiger partial charge in [-0.1, -0.05) is 23.7 Å². The predicted octanol–water partition coefficient (Wildman–Crippen LogP) is 8.00. The maximum absolute atomic E-state index is 12.7. The lowest BCUT2D eigenvalue weighted by Gasteiger charge is -2.41. The summed E-state index contributed by atoms with van der Waals surface area (Å²) in [4.78, 5) is 20.3. The van der Waals surface area contributed by atoms with Crippen LogP contribution in [0.4, 0.5) is 0 Å². The van der Waals surface area contributed by atoms with E-state index in [4.69, 9.17) is 35.3 Å². The van der Waals surface area contributed by atoms with E-state index in [1.54, 1.807) is 12.1 Å². The van der Waals surface area contributed by atoms with Crippen molar-refractivity contribution in [1.29, 1.82) is 0 Å². The lowest BCUT2D eigenvalue weighted by Crippen LogP contribution is -2.51. The van der Waals surface area contributed by atoms with Crippen LogP contribution >= 0.6 is 22.9 Å². The minimum atomic E-state index is -2.42. The van der Waals surface area contributed by atoms with E-state index >= 15 is 0 Å². The minimum absolute atomic E-state index is 0.131. The van der Waals surface area contributed by atoms with Crippen molar-refractivity contribution in [3.05, 3.63) is 70.4 Å². The molecule has 2 aliphatic heterocycles. The average molecular weight is 662 g/mol. The number of benzene rings is 3. The Morgan fingerprint density at radius 1 is 1.13 bits per heavy atom. The van der Waals surface area contributed by atoms with Gasteiger partial charge in [0.2, 0.25) is 0 Å². The molecule has 1 N–H and O–H groups in total. The normalized spacial score (nSPS) is 18.8. The van der Waals surface area contributed by atoms with E-state index in [-0.39, 0.29) is 5.92 Å². The molecule has 2 aromatic heterocycles. The third-order valence-electron chi connectivity index (χ3n) is 9.03. The van der Waals surface area contributed by atoms with Gasteiger partial charge in [0.05, 0.1) is 46.3 Å². The molecule has 0 saturated carbocycles. The number of carboxylic acids is 1. The van der Waals surface area contributed by atoms with Gasteiger partial charge in [-0.25, -0.2) is 9.78 Å². The van der Waals surface area contributed by atoms with Gasteiger partial charge < -0.3 is 14.6 Å². The molecule has 2 aliphatic rings. The molecule has 1 atom stereocenters. The molecule has 8 nitrogen and oxygen atoms in total. The van der Waals surface area contributed by atoms with Crippen molar-refractivity contribution in [2.45, 2.75) is 64.2 Å². The number of likely N-dealkylation sites (tertiary alicyclic amines) is 1. The average Bonchev–Trinajstić information content (AvgIpc) is 3.60. The van der Waals surface area contributed by atoms with Crippen LogP contribution in [-0.4, -0.2) is 68.7 Å². The Morgan fingerprint density at radius 3 is 2.48 bits per heavy atom. The summed E-state index contributed by atoms with van der Waals surface area (Å²) in [5, 5.41) is 17.3. The summed E-state index contributed by atoms with van der Waals surface area (Å²) in [5.41, 5.74) is 5.11. The van der Waals surface area contributed by atoms with E-state index in [2.05, 4.69) is 4.90 Å². The zero-order chi connectivity index (χ0) is 34.8. The second kappa shape index (κ2) is 12.0. The van der Waals surface area contributed by atoms with Gasteiger partial charge in [-0.2, -0.15) is 5.10 Å². The zero-order valence-electron chi connectivity index (χ0n) is 29.3. The molecular formula is C36H39ClN4O4S. The maximum atomic E-state index is 12.7. The highest BCUT2D eigenvalue weighted by Gasteiger charge is 2.34. The Hall–Kier alpha value is -3.34. The van der Waals surface area contributed by atoms with Crippen molar-refractivity contribution < 1.29 is 23.5 Å². The first-order valence-electron chi connectivity index (χ1n) is 17.1.